The summed E-state index contributed by atoms with van der Waals surface area (Å²) in [5.41, 5.74) is 0.615. The third kappa shape index (κ3) is 1.03. The highest BCUT2D eigenvalue weighted by molar-refractivity contribution is 5.26. The lowest BCUT2D eigenvalue weighted by Crippen LogP contribution is -2.27. The molecular formula is C10H16. The minimum atomic E-state index is 0.271. The van der Waals surface area contributed by atoms with Crippen molar-refractivity contribution in [3.8, 4) is 0 Å². The fourth-order valence-corrected chi connectivity index (χ4v) is 1.07. The summed E-state index contributed by atoms with van der Waals surface area (Å²) in [5.74, 6) is 0. The van der Waals surface area contributed by atoms with Gasteiger partial charge in [-0.2, -0.15) is 0 Å². The SMILES string of the molecule is CC(C)(C)C1(C)C=CC=C1. The normalized spacial score (nSPS) is 22.0. The van der Waals surface area contributed by atoms with Crippen molar-refractivity contribution >= 4 is 0 Å². The Hall–Kier alpha value is -0.520. The van der Waals surface area contributed by atoms with Gasteiger partial charge in [0, 0.05) is 5.41 Å². The lowest BCUT2D eigenvalue weighted by molar-refractivity contribution is 0.231. The monoisotopic (exact) mass is 136 g/mol. The molecule has 0 aliphatic heterocycles. The molecule has 1 aliphatic carbocycles. The predicted octanol–water partition coefficient (Wildman–Crippen LogP) is 3.16. The number of hydrogen-bond acceptors (Lipinski definition) is 0. The van der Waals surface area contributed by atoms with Gasteiger partial charge in [-0.1, -0.05) is 52.0 Å². The highest BCUT2D eigenvalue weighted by Crippen LogP contribution is 2.42. The van der Waals surface area contributed by atoms with E-state index in [0.717, 1.165) is 0 Å². The summed E-state index contributed by atoms with van der Waals surface area (Å²) in [7, 11) is 0. The van der Waals surface area contributed by atoms with Gasteiger partial charge < -0.3 is 0 Å². The van der Waals surface area contributed by atoms with E-state index in [1.54, 1.807) is 0 Å². The van der Waals surface area contributed by atoms with E-state index in [0.29, 0.717) is 5.41 Å². The summed E-state index contributed by atoms with van der Waals surface area (Å²) in [4.78, 5) is 0. The second-order valence-electron chi connectivity index (χ2n) is 4.25. The van der Waals surface area contributed by atoms with Gasteiger partial charge in [0.25, 0.3) is 0 Å². The summed E-state index contributed by atoms with van der Waals surface area (Å²) in [5, 5.41) is 0. The molecule has 1 rings (SSSR count). The molecule has 10 heavy (non-hydrogen) atoms. The van der Waals surface area contributed by atoms with E-state index in [1.807, 2.05) is 0 Å². The van der Waals surface area contributed by atoms with E-state index in [1.165, 1.54) is 0 Å². The fourth-order valence-electron chi connectivity index (χ4n) is 1.07. The summed E-state index contributed by atoms with van der Waals surface area (Å²) in [6.07, 6.45) is 8.80. The first kappa shape index (κ1) is 7.59. The van der Waals surface area contributed by atoms with Crippen molar-refractivity contribution in [2.24, 2.45) is 10.8 Å². The van der Waals surface area contributed by atoms with Crippen LogP contribution in [0.15, 0.2) is 24.3 Å². The van der Waals surface area contributed by atoms with Gasteiger partial charge >= 0.3 is 0 Å². The van der Waals surface area contributed by atoms with Crippen LogP contribution in [0.4, 0.5) is 0 Å². The molecule has 0 nitrogen and oxygen atoms in total. The van der Waals surface area contributed by atoms with Crippen molar-refractivity contribution in [2.45, 2.75) is 27.7 Å². The molecule has 0 aromatic rings. The van der Waals surface area contributed by atoms with Crippen LogP contribution in [0.3, 0.4) is 0 Å². The van der Waals surface area contributed by atoms with Crippen LogP contribution in [0.1, 0.15) is 27.7 Å². The molecule has 0 heterocycles. The molecule has 0 amide bonds. The fraction of sp³-hybridized carbons (Fsp3) is 0.600. The number of hydrogen-bond donors (Lipinski definition) is 0. The quantitative estimate of drug-likeness (QED) is 0.480. The summed E-state index contributed by atoms with van der Waals surface area (Å²) >= 11 is 0. The highest BCUT2D eigenvalue weighted by atomic mass is 14.4. The molecule has 0 fully saturated rings. The first-order chi connectivity index (χ1) is 4.46. The first-order valence-electron chi connectivity index (χ1n) is 3.83. The van der Waals surface area contributed by atoms with Gasteiger partial charge in [0.1, 0.15) is 0 Å². The Balaban J connectivity index is 2.90. The van der Waals surface area contributed by atoms with Crippen molar-refractivity contribution in [1.29, 1.82) is 0 Å². The molecule has 0 unspecified atom stereocenters. The van der Waals surface area contributed by atoms with Gasteiger partial charge in [-0.3, -0.25) is 0 Å². The average Bonchev–Trinajstić information content (AvgIpc) is 2.13. The maximum absolute atomic E-state index is 2.27. The number of rotatable bonds is 0. The highest BCUT2D eigenvalue weighted by Gasteiger charge is 2.33. The Morgan fingerprint density at radius 3 is 1.60 bits per heavy atom. The van der Waals surface area contributed by atoms with E-state index in [4.69, 9.17) is 0 Å². The zero-order valence-corrected chi connectivity index (χ0v) is 7.31. The molecule has 0 spiro atoms. The topological polar surface area (TPSA) is 0 Å². The predicted molar refractivity (Wildman–Crippen MR) is 45.8 cm³/mol. The van der Waals surface area contributed by atoms with Crippen molar-refractivity contribution < 1.29 is 0 Å². The molecular weight excluding hydrogens is 120 g/mol. The average molecular weight is 136 g/mol. The van der Waals surface area contributed by atoms with Gasteiger partial charge in [-0.15, -0.1) is 0 Å². The Morgan fingerprint density at radius 2 is 1.40 bits per heavy atom. The first-order valence-corrected chi connectivity index (χ1v) is 3.83. The summed E-state index contributed by atoms with van der Waals surface area (Å²) < 4.78 is 0. The van der Waals surface area contributed by atoms with Crippen molar-refractivity contribution in [3.63, 3.8) is 0 Å². The Bertz CT molecular complexity index is 165. The van der Waals surface area contributed by atoms with Crippen molar-refractivity contribution in [1.82, 2.24) is 0 Å². The largest absolute Gasteiger partial charge is 0.0743 e. The molecule has 0 bridgehead atoms. The molecule has 1 aliphatic rings. The Kier molecular flexibility index (Phi) is 1.50. The minimum Gasteiger partial charge on any atom is -0.0743 e. The minimum absolute atomic E-state index is 0.271. The van der Waals surface area contributed by atoms with E-state index >= 15 is 0 Å². The van der Waals surface area contributed by atoms with Crippen LogP contribution in [0.25, 0.3) is 0 Å². The molecule has 0 atom stereocenters. The van der Waals surface area contributed by atoms with Crippen molar-refractivity contribution in [3.05, 3.63) is 24.3 Å². The molecule has 0 heteroatoms. The number of allylic oxidation sites excluding steroid dienone is 4. The third-order valence-electron chi connectivity index (χ3n) is 2.61. The third-order valence-corrected chi connectivity index (χ3v) is 2.61. The van der Waals surface area contributed by atoms with Gasteiger partial charge in [-0.25, -0.2) is 0 Å². The van der Waals surface area contributed by atoms with Crippen LogP contribution in [-0.4, -0.2) is 0 Å². The van der Waals surface area contributed by atoms with E-state index in [2.05, 4.69) is 52.0 Å². The second kappa shape index (κ2) is 1.98. The molecule has 0 aromatic heterocycles. The van der Waals surface area contributed by atoms with Crippen LogP contribution in [0, 0.1) is 10.8 Å². The Labute approximate surface area is 63.6 Å². The summed E-state index contributed by atoms with van der Waals surface area (Å²) in [6.45, 7) is 9.08. The van der Waals surface area contributed by atoms with E-state index in [-0.39, 0.29) is 5.41 Å². The van der Waals surface area contributed by atoms with Crippen LogP contribution < -0.4 is 0 Å². The molecule has 0 radical (unpaired) electrons. The lowest BCUT2D eigenvalue weighted by Gasteiger charge is -2.35. The molecule has 0 saturated carbocycles. The Morgan fingerprint density at radius 1 is 1.00 bits per heavy atom. The molecule has 0 N–H and O–H groups in total. The standard InChI is InChI=1S/C10H16/c1-9(2,3)10(4)7-5-6-8-10/h5-8H,1-4H3. The lowest BCUT2D eigenvalue weighted by atomic mass is 9.69. The van der Waals surface area contributed by atoms with Gasteiger partial charge in [-0.05, 0) is 5.41 Å². The zero-order chi connectivity index (χ0) is 7.83. The van der Waals surface area contributed by atoms with E-state index in [9.17, 15) is 0 Å². The van der Waals surface area contributed by atoms with Gasteiger partial charge in [0.05, 0.1) is 0 Å². The zero-order valence-electron chi connectivity index (χ0n) is 7.31. The maximum Gasteiger partial charge on any atom is 0.00873 e. The smallest absolute Gasteiger partial charge is 0.00873 e. The molecule has 56 valence electrons. The van der Waals surface area contributed by atoms with Crippen LogP contribution in [-0.2, 0) is 0 Å². The molecule has 0 aromatic carbocycles. The molecule has 0 saturated heterocycles. The van der Waals surface area contributed by atoms with Crippen LogP contribution in [0.2, 0.25) is 0 Å². The second-order valence-corrected chi connectivity index (χ2v) is 4.25. The van der Waals surface area contributed by atoms with Gasteiger partial charge in [0.15, 0.2) is 0 Å². The van der Waals surface area contributed by atoms with Crippen molar-refractivity contribution in [2.75, 3.05) is 0 Å². The summed E-state index contributed by atoms with van der Waals surface area (Å²) in [6, 6.07) is 0. The van der Waals surface area contributed by atoms with E-state index < -0.39 is 0 Å². The van der Waals surface area contributed by atoms with Crippen LogP contribution in [0.5, 0.6) is 0 Å². The van der Waals surface area contributed by atoms with Crippen LogP contribution >= 0.6 is 0 Å². The van der Waals surface area contributed by atoms with Gasteiger partial charge in [0.2, 0.25) is 0 Å². The maximum atomic E-state index is 2.27.